The largest absolute Gasteiger partial charge is 0.409 e. The predicted octanol–water partition coefficient (Wildman–Crippen LogP) is 4.38. The zero-order valence-corrected chi connectivity index (χ0v) is 12.3. The highest BCUT2D eigenvalue weighted by Gasteiger charge is 2.15. The molecule has 3 N–H and O–H groups in total. The van der Waals surface area contributed by atoms with Crippen LogP contribution >= 0.6 is 35.0 Å². The number of nitrogens with two attached hydrogens (primary N) is 1. The second kappa shape index (κ2) is 6.35. The fourth-order valence-corrected chi connectivity index (χ4v) is 3.07. The lowest BCUT2D eigenvalue weighted by atomic mass is 10.2. The normalized spacial score (nSPS) is 11.7. The summed E-state index contributed by atoms with van der Waals surface area (Å²) in [6.45, 7) is 0. The standard InChI is InChI=1S/C13H9Cl2FN2OS/c14-7-4-5-8(15)11(6-7)20-10-3-1-2-9(16)12(10)13(17)18-19/h1-6,19H,(H2,17,18). The van der Waals surface area contributed by atoms with Crippen molar-refractivity contribution in [1.29, 1.82) is 0 Å². The van der Waals surface area contributed by atoms with Crippen molar-refractivity contribution in [3.8, 4) is 0 Å². The third-order valence-electron chi connectivity index (χ3n) is 2.45. The molecule has 0 aromatic heterocycles. The van der Waals surface area contributed by atoms with Gasteiger partial charge in [-0.2, -0.15) is 0 Å². The van der Waals surface area contributed by atoms with E-state index in [2.05, 4.69) is 5.16 Å². The molecule has 0 saturated heterocycles. The van der Waals surface area contributed by atoms with E-state index in [1.165, 1.54) is 23.9 Å². The van der Waals surface area contributed by atoms with Gasteiger partial charge in [0.15, 0.2) is 5.84 Å². The Labute approximate surface area is 129 Å². The van der Waals surface area contributed by atoms with Crippen LogP contribution in [-0.2, 0) is 0 Å². The Morgan fingerprint density at radius 3 is 2.65 bits per heavy atom. The molecule has 0 unspecified atom stereocenters. The van der Waals surface area contributed by atoms with Crippen LogP contribution < -0.4 is 5.73 Å². The first kappa shape index (κ1) is 15.0. The Morgan fingerprint density at radius 2 is 1.95 bits per heavy atom. The molecule has 0 heterocycles. The Hall–Kier alpha value is -1.43. The molecule has 0 aliphatic heterocycles. The quantitative estimate of drug-likeness (QED) is 0.380. The maximum absolute atomic E-state index is 13.8. The molecule has 0 aliphatic carbocycles. The fourth-order valence-electron chi connectivity index (χ4n) is 1.56. The summed E-state index contributed by atoms with van der Waals surface area (Å²) in [5, 5.41) is 12.6. The minimum absolute atomic E-state index is 0.0241. The Kier molecular flexibility index (Phi) is 4.75. The third-order valence-corrected chi connectivity index (χ3v) is 4.25. The molecule has 0 bridgehead atoms. The molecule has 20 heavy (non-hydrogen) atoms. The highest BCUT2D eigenvalue weighted by atomic mass is 35.5. The summed E-state index contributed by atoms with van der Waals surface area (Å²) in [6.07, 6.45) is 0. The Bertz CT molecular complexity index is 679. The van der Waals surface area contributed by atoms with Crippen LogP contribution in [-0.4, -0.2) is 11.0 Å². The van der Waals surface area contributed by atoms with Crippen molar-refractivity contribution in [2.45, 2.75) is 9.79 Å². The zero-order chi connectivity index (χ0) is 14.7. The number of rotatable bonds is 3. The molecule has 2 aromatic carbocycles. The molecule has 3 nitrogen and oxygen atoms in total. The summed E-state index contributed by atoms with van der Waals surface area (Å²) in [5.41, 5.74) is 5.53. The monoisotopic (exact) mass is 330 g/mol. The molecule has 2 rings (SSSR count). The lowest BCUT2D eigenvalue weighted by Crippen LogP contribution is -2.16. The first-order valence-electron chi connectivity index (χ1n) is 5.42. The average Bonchev–Trinajstić information content (AvgIpc) is 2.42. The molecule has 2 aromatic rings. The summed E-state index contributed by atoms with van der Waals surface area (Å²) in [4.78, 5) is 1.13. The molecular formula is C13H9Cl2FN2OS. The Balaban J connectivity index is 2.49. The smallest absolute Gasteiger partial charge is 0.174 e. The van der Waals surface area contributed by atoms with E-state index in [4.69, 9.17) is 34.1 Å². The van der Waals surface area contributed by atoms with E-state index in [9.17, 15) is 4.39 Å². The van der Waals surface area contributed by atoms with Crippen molar-refractivity contribution < 1.29 is 9.60 Å². The molecule has 0 spiro atoms. The zero-order valence-electron chi connectivity index (χ0n) is 9.98. The van der Waals surface area contributed by atoms with Gasteiger partial charge in [-0.05, 0) is 30.3 Å². The van der Waals surface area contributed by atoms with Gasteiger partial charge < -0.3 is 10.9 Å². The van der Waals surface area contributed by atoms with Crippen LogP contribution in [0.1, 0.15) is 5.56 Å². The first-order valence-corrected chi connectivity index (χ1v) is 6.99. The van der Waals surface area contributed by atoms with Crippen molar-refractivity contribution in [3.05, 3.63) is 57.8 Å². The van der Waals surface area contributed by atoms with Crippen molar-refractivity contribution in [2.24, 2.45) is 10.9 Å². The molecule has 0 atom stereocenters. The predicted molar refractivity (Wildman–Crippen MR) is 79.5 cm³/mol. The van der Waals surface area contributed by atoms with Crippen molar-refractivity contribution in [2.75, 3.05) is 0 Å². The van der Waals surface area contributed by atoms with Crippen LogP contribution in [0.15, 0.2) is 51.3 Å². The summed E-state index contributed by atoms with van der Waals surface area (Å²) in [5.74, 6) is -0.882. The van der Waals surface area contributed by atoms with Crippen molar-refractivity contribution in [3.63, 3.8) is 0 Å². The molecule has 104 valence electrons. The van der Waals surface area contributed by atoms with Gasteiger partial charge >= 0.3 is 0 Å². The topological polar surface area (TPSA) is 58.6 Å². The van der Waals surface area contributed by atoms with E-state index in [0.29, 0.717) is 19.8 Å². The molecule has 7 heteroatoms. The Morgan fingerprint density at radius 1 is 1.20 bits per heavy atom. The van der Waals surface area contributed by atoms with Gasteiger partial charge in [0.2, 0.25) is 0 Å². The number of nitrogens with zero attached hydrogens (tertiary/aromatic N) is 1. The lowest BCUT2D eigenvalue weighted by molar-refractivity contribution is 0.318. The van der Waals surface area contributed by atoms with Gasteiger partial charge in [0.1, 0.15) is 5.82 Å². The van der Waals surface area contributed by atoms with E-state index in [1.807, 2.05) is 0 Å². The molecule has 0 amide bonds. The van der Waals surface area contributed by atoms with Crippen molar-refractivity contribution in [1.82, 2.24) is 0 Å². The maximum atomic E-state index is 13.8. The van der Waals surface area contributed by atoms with Gasteiger partial charge in [-0.25, -0.2) is 4.39 Å². The van der Waals surface area contributed by atoms with Crippen LogP contribution in [0.25, 0.3) is 0 Å². The van der Waals surface area contributed by atoms with Gasteiger partial charge in [0.25, 0.3) is 0 Å². The molecule has 0 fully saturated rings. The van der Waals surface area contributed by atoms with E-state index in [0.717, 1.165) is 0 Å². The number of amidine groups is 1. The van der Waals surface area contributed by atoms with Gasteiger partial charge in [-0.1, -0.05) is 46.2 Å². The number of halogens is 3. The maximum Gasteiger partial charge on any atom is 0.174 e. The van der Waals surface area contributed by atoms with Crippen LogP contribution in [0, 0.1) is 5.82 Å². The summed E-state index contributed by atoms with van der Waals surface area (Å²) >= 11 is 13.2. The average molecular weight is 331 g/mol. The lowest BCUT2D eigenvalue weighted by Gasteiger charge is -2.10. The molecule has 0 saturated carbocycles. The van der Waals surface area contributed by atoms with Gasteiger partial charge in [0.05, 0.1) is 10.6 Å². The number of oxime groups is 1. The van der Waals surface area contributed by atoms with Crippen LogP contribution in [0.5, 0.6) is 0 Å². The number of hydrogen-bond donors (Lipinski definition) is 2. The highest BCUT2D eigenvalue weighted by molar-refractivity contribution is 7.99. The van der Waals surface area contributed by atoms with Gasteiger partial charge in [-0.3, -0.25) is 0 Å². The van der Waals surface area contributed by atoms with E-state index < -0.39 is 5.82 Å². The van der Waals surface area contributed by atoms with Crippen LogP contribution in [0.2, 0.25) is 10.0 Å². The molecule has 0 radical (unpaired) electrons. The van der Waals surface area contributed by atoms with E-state index in [-0.39, 0.29) is 11.4 Å². The fraction of sp³-hybridized carbons (Fsp3) is 0. The summed E-state index contributed by atoms with van der Waals surface area (Å²) in [7, 11) is 0. The van der Waals surface area contributed by atoms with Crippen molar-refractivity contribution >= 4 is 40.8 Å². The number of hydrogen-bond acceptors (Lipinski definition) is 3. The van der Waals surface area contributed by atoms with Gasteiger partial charge in [-0.15, -0.1) is 0 Å². The third kappa shape index (κ3) is 3.17. The van der Waals surface area contributed by atoms with Gasteiger partial charge in [0, 0.05) is 14.8 Å². The minimum Gasteiger partial charge on any atom is -0.409 e. The molecule has 0 aliphatic rings. The number of benzene rings is 2. The van der Waals surface area contributed by atoms with Crippen LogP contribution in [0.4, 0.5) is 4.39 Å². The second-order valence-electron chi connectivity index (χ2n) is 3.78. The first-order chi connectivity index (χ1) is 9.52. The van der Waals surface area contributed by atoms with Crippen LogP contribution in [0.3, 0.4) is 0 Å². The highest BCUT2D eigenvalue weighted by Crippen LogP contribution is 2.37. The van der Waals surface area contributed by atoms with E-state index in [1.54, 1.807) is 24.3 Å². The van der Waals surface area contributed by atoms with E-state index >= 15 is 0 Å². The summed E-state index contributed by atoms with van der Waals surface area (Å²) < 4.78 is 13.8. The molecular weight excluding hydrogens is 322 g/mol. The SMILES string of the molecule is NC(=NO)c1c(F)cccc1Sc1cc(Cl)ccc1Cl. The minimum atomic E-state index is -0.580. The second-order valence-corrected chi connectivity index (χ2v) is 5.70. The summed E-state index contributed by atoms with van der Waals surface area (Å²) in [6, 6.07) is 9.38.